The minimum Gasteiger partial charge on any atom is -0.204 e. The Balaban J connectivity index is 4.49. The second-order valence-corrected chi connectivity index (χ2v) is 2.79. The van der Waals surface area contributed by atoms with E-state index < -0.39 is 5.83 Å². The number of hydrogen-bond acceptors (Lipinski definition) is 2. The van der Waals surface area contributed by atoms with Gasteiger partial charge in [-0.25, -0.2) is 7.60 Å². The molecule has 0 bridgehead atoms. The molecule has 0 rings (SSSR count). The summed E-state index contributed by atoms with van der Waals surface area (Å²) in [5, 5.41) is 8.34. The molecule has 1 atom stereocenters. The summed E-state index contributed by atoms with van der Waals surface area (Å²) < 4.78 is 16.3. The average Bonchev–Trinajstić information content (AvgIpc) is 1.88. The molecule has 0 saturated heterocycles. The maximum atomic E-state index is 12.8. The molecular weight excluding hydrogens is 257 g/mol. The highest BCUT2D eigenvalue weighted by molar-refractivity contribution is 14.1. The number of hydrogen-bond donors (Lipinski definition) is 0. The van der Waals surface area contributed by atoms with Crippen LogP contribution in [0.25, 0.3) is 0 Å². The van der Waals surface area contributed by atoms with Gasteiger partial charge in [0.1, 0.15) is 13.9 Å². The van der Waals surface area contributed by atoms with E-state index in [1.165, 1.54) is 6.08 Å². The van der Waals surface area contributed by atoms with Crippen molar-refractivity contribution >= 4 is 36.4 Å². The highest BCUT2D eigenvalue weighted by Crippen LogP contribution is 2.08. The SMILES string of the molecule is BC(C)/C=C(F)\C(C#N)=N/I. The highest BCUT2D eigenvalue weighted by atomic mass is 127. The van der Waals surface area contributed by atoms with Gasteiger partial charge in [0.25, 0.3) is 0 Å². The van der Waals surface area contributed by atoms with E-state index in [2.05, 4.69) is 3.21 Å². The summed E-state index contributed by atoms with van der Waals surface area (Å²) in [5.74, 6) is -0.451. The Bertz CT molecular complexity index is 229. The molecule has 11 heavy (non-hydrogen) atoms. The van der Waals surface area contributed by atoms with E-state index in [1.54, 1.807) is 28.9 Å². The highest BCUT2D eigenvalue weighted by Gasteiger charge is 2.04. The molecule has 0 aromatic rings. The molecule has 0 fully saturated rings. The number of rotatable bonds is 2. The van der Waals surface area contributed by atoms with Crippen LogP contribution in [-0.2, 0) is 0 Å². The summed E-state index contributed by atoms with van der Waals surface area (Å²) in [6, 6.07) is 1.66. The van der Waals surface area contributed by atoms with Crippen LogP contribution >= 0.6 is 22.9 Å². The lowest BCUT2D eigenvalue weighted by Gasteiger charge is -1.94. The Labute approximate surface area is 80.1 Å². The van der Waals surface area contributed by atoms with Gasteiger partial charge in [0.05, 0.1) is 22.9 Å². The van der Waals surface area contributed by atoms with Gasteiger partial charge in [-0.3, -0.25) is 0 Å². The molecule has 5 heteroatoms. The zero-order valence-electron chi connectivity index (χ0n) is 6.31. The predicted octanol–water partition coefficient (Wildman–Crippen LogP) is 1.60. The van der Waals surface area contributed by atoms with Crippen molar-refractivity contribution < 1.29 is 4.39 Å². The molecule has 58 valence electrons. The van der Waals surface area contributed by atoms with Crippen LogP contribution in [0.1, 0.15) is 6.92 Å². The molecule has 0 aromatic heterocycles. The Morgan fingerprint density at radius 2 is 2.45 bits per heavy atom. The fourth-order valence-corrected chi connectivity index (χ4v) is 0.823. The van der Waals surface area contributed by atoms with Crippen molar-refractivity contribution in [2.75, 3.05) is 0 Å². The minimum absolute atomic E-state index is 0.0940. The fraction of sp³-hybridized carbons (Fsp3) is 0.333. The van der Waals surface area contributed by atoms with Gasteiger partial charge in [-0.05, 0) is 0 Å². The lowest BCUT2D eigenvalue weighted by Crippen LogP contribution is -1.94. The van der Waals surface area contributed by atoms with Crippen LogP contribution in [-0.4, -0.2) is 13.6 Å². The Morgan fingerprint density at radius 1 is 1.91 bits per heavy atom. The van der Waals surface area contributed by atoms with E-state index in [4.69, 9.17) is 5.26 Å². The normalized spacial score (nSPS) is 15.8. The fourth-order valence-electron chi connectivity index (χ4n) is 0.484. The number of halogens is 2. The maximum absolute atomic E-state index is 12.8. The van der Waals surface area contributed by atoms with E-state index in [1.807, 2.05) is 14.8 Å². The first-order chi connectivity index (χ1) is 5.11. The topological polar surface area (TPSA) is 36.1 Å². The van der Waals surface area contributed by atoms with E-state index in [0.29, 0.717) is 0 Å². The average molecular weight is 264 g/mol. The van der Waals surface area contributed by atoms with Crippen LogP contribution in [0.2, 0.25) is 5.82 Å². The summed E-state index contributed by atoms with van der Waals surface area (Å²) in [7, 11) is 1.84. The molecule has 0 N–H and O–H groups in total. The quantitative estimate of drug-likeness (QED) is 0.424. The van der Waals surface area contributed by atoms with Gasteiger partial charge in [0, 0.05) is 0 Å². The molecule has 0 aliphatic carbocycles. The van der Waals surface area contributed by atoms with E-state index in [-0.39, 0.29) is 11.5 Å². The zero-order chi connectivity index (χ0) is 8.85. The maximum Gasteiger partial charge on any atom is 0.182 e. The van der Waals surface area contributed by atoms with Crippen molar-refractivity contribution in [2.45, 2.75) is 12.7 Å². The first kappa shape index (κ1) is 10.6. The van der Waals surface area contributed by atoms with Gasteiger partial charge in [-0.2, -0.15) is 5.26 Å². The second kappa shape index (κ2) is 5.30. The van der Waals surface area contributed by atoms with Crippen molar-refractivity contribution in [3.8, 4) is 6.07 Å². The first-order valence-corrected chi connectivity index (χ1v) is 4.05. The summed E-state index contributed by atoms with van der Waals surface area (Å²) in [5.41, 5.74) is -0.153. The Hall–Kier alpha value is -0.375. The third kappa shape index (κ3) is 4.14. The largest absolute Gasteiger partial charge is 0.204 e. The van der Waals surface area contributed by atoms with Crippen molar-refractivity contribution in [3.05, 3.63) is 11.9 Å². The zero-order valence-corrected chi connectivity index (χ0v) is 8.46. The number of nitriles is 1. The molecule has 0 spiro atoms. The van der Waals surface area contributed by atoms with Crippen LogP contribution in [0, 0.1) is 11.3 Å². The lowest BCUT2D eigenvalue weighted by molar-refractivity contribution is 0.677. The van der Waals surface area contributed by atoms with E-state index >= 15 is 0 Å². The molecule has 0 amide bonds. The standard InChI is InChI=1S/C6H7BFIN2/c1-4(7)2-5(8)6(3-10)11-9/h2,4H,7H2,1H3/b5-2+,11-6-. The molecule has 0 saturated carbocycles. The summed E-state index contributed by atoms with van der Waals surface area (Å²) in [6.45, 7) is 1.84. The monoisotopic (exact) mass is 264 g/mol. The van der Waals surface area contributed by atoms with Gasteiger partial charge in [0.15, 0.2) is 11.5 Å². The minimum atomic E-state index is -0.545. The van der Waals surface area contributed by atoms with Crippen LogP contribution < -0.4 is 0 Å². The van der Waals surface area contributed by atoms with Gasteiger partial charge in [-0.1, -0.05) is 18.8 Å². The summed E-state index contributed by atoms with van der Waals surface area (Å²) >= 11 is 1.60. The second-order valence-electron chi connectivity index (χ2n) is 2.30. The third-order valence-electron chi connectivity index (χ3n) is 0.896. The summed E-state index contributed by atoms with van der Waals surface area (Å²) in [4.78, 5) is 0. The molecule has 0 aromatic carbocycles. The van der Waals surface area contributed by atoms with Gasteiger partial charge in [-0.15, -0.1) is 0 Å². The lowest BCUT2D eigenvalue weighted by atomic mass is 9.89. The number of nitrogens with zero attached hydrogens (tertiary/aromatic N) is 2. The smallest absolute Gasteiger partial charge is 0.182 e. The molecule has 0 heterocycles. The molecule has 2 nitrogen and oxygen atoms in total. The van der Waals surface area contributed by atoms with E-state index in [0.717, 1.165) is 0 Å². The molecule has 0 radical (unpaired) electrons. The van der Waals surface area contributed by atoms with Crippen LogP contribution in [0.3, 0.4) is 0 Å². The van der Waals surface area contributed by atoms with E-state index in [9.17, 15) is 4.39 Å². The first-order valence-electron chi connectivity index (χ1n) is 3.08. The van der Waals surface area contributed by atoms with Crippen molar-refractivity contribution in [2.24, 2.45) is 3.21 Å². The number of allylic oxidation sites excluding steroid dienone is 2. The molecule has 0 aliphatic heterocycles. The van der Waals surface area contributed by atoms with Crippen LogP contribution in [0.4, 0.5) is 4.39 Å². The van der Waals surface area contributed by atoms with Crippen molar-refractivity contribution in [3.63, 3.8) is 0 Å². The molecule has 1 unspecified atom stereocenters. The molecular formula is C6H7BFIN2. The Kier molecular flexibility index (Phi) is 5.12. The Morgan fingerprint density at radius 3 is 2.73 bits per heavy atom. The predicted molar refractivity (Wildman–Crippen MR) is 54.2 cm³/mol. The van der Waals surface area contributed by atoms with Crippen molar-refractivity contribution in [1.82, 2.24) is 0 Å². The van der Waals surface area contributed by atoms with Crippen LogP contribution in [0.15, 0.2) is 15.1 Å². The van der Waals surface area contributed by atoms with Gasteiger partial charge in [0.2, 0.25) is 0 Å². The van der Waals surface area contributed by atoms with Crippen molar-refractivity contribution in [1.29, 1.82) is 5.26 Å². The molecule has 0 aliphatic rings. The van der Waals surface area contributed by atoms with Crippen LogP contribution in [0.5, 0.6) is 0 Å². The van der Waals surface area contributed by atoms with Gasteiger partial charge >= 0.3 is 0 Å². The third-order valence-corrected chi connectivity index (χ3v) is 1.38. The van der Waals surface area contributed by atoms with Gasteiger partial charge < -0.3 is 0 Å². The summed E-state index contributed by atoms with van der Waals surface area (Å²) in [6.07, 6.45) is 1.36.